The van der Waals surface area contributed by atoms with E-state index in [-0.39, 0.29) is 25.3 Å². The van der Waals surface area contributed by atoms with Crippen molar-refractivity contribution in [2.75, 3.05) is 25.0 Å². The normalized spacial score (nSPS) is 11.7. The van der Waals surface area contributed by atoms with Crippen molar-refractivity contribution in [3.05, 3.63) is 59.2 Å². The van der Waals surface area contributed by atoms with Gasteiger partial charge in [-0.15, -0.1) is 0 Å². The summed E-state index contributed by atoms with van der Waals surface area (Å²) in [5.74, 6) is -6.79. The molecule has 0 atom stereocenters. The summed E-state index contributed by atoms with van der Waals surface area (Å²) >= 11 is 0. The Morgan fingerprint density at radius 2 is 1.67 bits per heavy atom. The average Bonchev–Trinajstić information content (AvgIpc) is 2.69. The molecule has 2 aromatic rings. The Morgan fingerprint density at radius 3 is 2.23 bits per heavy atom. The molecule has 2 aromatic carbocycles. The third-order valence-electron chi connectivity index (χ3n) is 4.22. The van der Waals surface area contributed by atoms with E-state index in [0.717, 1.165) is 22.5 Å². The highest BCUT2D eigenvalue weighted by atomic mass is 32.2. The fourth-order valence-electron chi connectivity index (χ4n) is 2.66. The van der Waals surface area contributed by atoms with E-state index in [1.165, 1.54) is 0 Å². The van der Waals surface area contributed by atoms with E-state index < -0.39 is 49.8 Å². The number of aliphatic hydroxyl groups is 1. The first-order valence-corrected chi connectivity index (χ1v) is 10.4. The highest BCUT2D eigenvalue weighted by Crippen LogP contribution is 2.23. The van der Waals surface area contributed by atoms with Crippen LogP contribution in [0.25, 0.3) is 0 Å². The summed E-state index contributed by atoms with van der Waals surface area (Å²) in [6.45, 7) is 1.52. The molecule has 0 bridgehead atoms. The number of nitrogens with zero attached hydrogens (tertiary/aromatic N) is 1. The lowest BCUT2D eigenvalue weighted by molar-refractivity contribution is 0.102. The largest absolute Gasteiger partial charge is 0.396 e. The smallest absolute Gasteiger partial charge is 0.255 e. The van der Waals surface area contributed by atoms with Gasteiger partial charge in [-0.1, -0.05) is 6.92 Å². The first-order valence-electron chi connectivity index (χ1n) is 8.98. The Labute approximate surface area is 171 Å². The maximum absolute atomic E-state index is 14.3. The Morgan fingerprint density at radius 1 is 1.03 bits per heavy atom. The fraction of sp³-hybridized carbons (Fsp3) is 0.316. The average molecular weight is 448 g/mol. The molecule has 1 amide bonds. The number of sulfonamides is 1. The fourth-order valence-corrected chi connectivity index (χ4v) is 4.24. The zero-order valence-electron chi connectivity index (χ0n) is 16.0. The lowest BCUT2D eigenvalue weighted by Crippen LogP contribution is -2.32. The Bertz CT molecular complexity index is 1010. The molecular weight excluding hydrogens is 428 g/mol. The highest BCUT2D eigenvalue weighted by molar-refractivity contribution is 7.89. The molecule has 11 heteroatoms. The van der Waals surface area contributed by atoms with Crippen LogP contribution in [0.2, 0.25) is 0 Å². The minimum absolute atomic E-state index is 0.0394. The number of halogens is 4. The van der Waals surface area contributed by atoms with Crippen LogP contribution in [-0.4, -0.2) is 43.4 Å². The Balaban J connectivity index is 2.32. The van der Waals surface area contributed by atoms with Gasteiger partial charge >= 0.3 is 0 Å². The van der Waals surface area contributed by atoms with Crippen molar-refractivity contribution in [3.8, 4) is 0 Å². The van der Waals surface area contributed by atoms with Gasteiger partial charge in [0.25, 0.3) is 5.91 Å². The molecule has 2 rings (SSSR count). The predicted molar refractivity (Wildman–Crippen MR) is 101 cm³/mol. The molecule has 164 valence electrons. The van der Waals surface area contributed by atoms with Crippen LogP contribution >= 0.6 is 0 Å². The monoisotopic (exact) mass is 448 g/mol. The molecule has 0 aliphatic rings. The summed E-state index contributed by atoms with van der Waals surface area (Å²) in [4.78, 5) is 11.6. The molecule has 0 unspecified atom stereocenters. The number of nitrogens with one attached hydrogen (secondary N) is 1. The van der Waals surface area contributed by atoms with Gasteiger partial charge in [-0.05, 0) is 31.0 Å². The second-order valence-corrected chi connectivity index (χ2v) is 8.19. The summed E-state index contributed by atoms with van der Waals surface area (Å²) in [6.07, 6.45) is 0.717. The number of hydrogen-bond acceptors (Lipinski definition) is 4. The van der Waals surface area contributed by atoms with Gasteiger partial charge in [0.05, 0.1) is 0 Å². The molecule has 0 spiro atoms. The number of unbranched alkanes of at least 4 members (excludes halogenated alkanes) is 1. The van der Waals surface area contributed by atoms with Crippen LogP contribution in [0.1, 0.15) is 30.1 Å². The molecule has 0 fully saturated rings. The van der Waals surface area contributed by atoms with E-state index in [1.54, 1.807) is 6.92 Å². The van der Waals surface area contributed by atoms with Crippen LogP contribution in [0.3, 0.4) is 0 Å². The van der Waals surface area contributed by atoms with E-state index in [1.807, 2.05) is 0 Å². The van der Waals surface area contributed by atoms with Gasteiger partial charge in [-0.3, -0.25) is 4.79 Å². The van der Waals surface area contributed by atoms with Gasteiger partial charge in [-0.25, -0.2) is 26.0 Å². The number of benzene rings is 2. The standard InChI is InChI=1S/C19H20F4N2O4S/c1-2-25(7-3-4-8-26)30(28,29)17-9-12(5-6-14(17)20)19(27)24-13-10-15(21)18(23)16(22)11-13/h5-6,9-11,26H,2-4,7-8H2,1H3,(H,24,27). The van der Waals surface area contributed by atoms with E-state index in [2.05, 4.69) is 5.32 Å². The molecule has 0 radical (unpaired) electrons. The summed E-state index contributed by atoms with van der Waals surface area (Å²) in [5.41, 5.74) is -0.684. The van der Waals surface area contributed by atoms with Gasteiger partial charge in [0.2, 0.25) is 10.0 Å². The minimum atomic E-state index is -4.28. The van der Waals surface area contributed by atoms with Gasteiger partial charge < -0.3 is 10.4 Å². The SMILES string of the molecule is CCN(CCCCO)S(=O)(=O)c1cc(C(=O)Nc2cc(F)c(F)c(F)c2)ccc1F. The van der Waals surface area contributed by atoms with Crippen molar-refractivity contribution in [3.63, 3.8) is 0 Å². The van der Waals surface area contributed by atoms with Gasteiger partial charge in [0.1, 0.15) is 10.7 Å². The number of amides is 1. The van der Waals surface area contributed by atoms with Gasteiger partial charge in [0.15, 0.2) is 17.5 Å². The maximum atomic E-state index is 14.3. The molecule has 2 N–H and O–H groups in total. The zero-order valence-corrected chi connectivity index (χ0v) is 16.8. The lowest BCUT2D eigenvalue weighted by atomic mass is 10.2. The molecule has 30 heavy (non-hydrogen) atoms. The lowest BCUT2D eigenvalue weighted by Gasteiger charge is -2.21. The van der Waals surface area contributed by atoms with Crippen molar-refractivity contribution >= 4 is 21.6 Å². The first-order chi connectivity index (χ1) is 14.1. The van der Waals surface area contributed by atoms with E-state index >= 15 is 0 Å². The molecule has 0 aromatic heterocycles. The number of aliphatic hydroxyl groups excluding tert-OH is 1. The number of carbonyl (C=O) groups is 1. The maximum Gasteiger partial charge on any atom is 0.255 e. The number of anilines is 1. The number of hydrogen-bond donors (Lipinski definition) is 2. The second-order valence-electron chi connectivity index (χ2n) is 6.28. The quantitative estimate of drug-likeness (QED) is 0.350. The van der Waals surface area contributed by atoms with Gasteiger partial charge in [-0.2, -0.15) is 4.31 Å². The predicted octanol–water partition coefficient (Wildman–Crippen LogP) is 3.28. The Kier molecular flexibility index (Phi) is 7.93. The van der Waals surface area contributed by atoms with Crippen LogP contribution < -0.4 is 5.32 Å². The summed E-state index contributed by atoms with van der Waals surface area (Å²) in [6, 6.07) is 3.71. The van der Waals surface area contributed by atoms with Crippen molar-refractivity contribution in [2.45, 2.75) is 24.7 Å². The van der Waals surface area contributed by atoms with Crippen LogP contribution in [0.5, 0.6) is 0 Å². The number of carbonyl (C=O) groups excluding carboxylic acids is 1. The Hall–Kier alpha value is -2.50. The van der Waals surface area contributed by atoms with Crippen molar-refractivity contribution in [1.29, 1.82) is 0 Å². The van der Waals surface area contributed by atoms with E-state index in [4.69, 9.17) is 5.11 Å². The zero-order chi connectivity index (χ0) is 22.5. The van der Waals surface area contributed by atoms with E-state index in [0.29, 0.717) is 25.0 Å². The van der Waals surface area contributed by atoms with Crippen molar-refractivity contribution < 1.29 is 35.9 Å². The van der Waals surface area contributed by atoms with E-state index in [9.17, 15) is 30.8 Å². The molecule has 0 aliphatic heterocycles. The molecule has 0 saturated heterocycles. The third-order valence-corrected chi connectivity index (χ3v) is 6.21. The van der Waals surface area contributed by atoms with Crippen LogP contribution in [0.15, 0.2) is 35.2 Å². The molecule has 0 heterocycles. The summed E-state index contributed by atoms with van der Waals surface area (Å²) in [7, 11) is -4.28. The van der Waals surface area contributed by atoms with Gasteiger partial charge in [0, 0.05) is 43.1 Å². The highest BCUT2D eigenvalue weighted by Gasteiger charge is 2.27. The molecule has 0 saturated carbocycles. The molecule has 0 aliphatic carbocycles. The third kappa shape index (κ3) is 5.35. The number of rotatable bonds is 9. The first kappa shape index (κ1) is 23.8. The van der Waals surface area contributed by atoms with Crippen LogP contribution in [-0.2, 0) is 10.0 Å². The second kappa shape index (κ2) is 10.0. The summed E-state index contributed by atoms with van der Waals surface area (Å²) < 4.78 is 80.5. The topological polar surface area (TPSA) is 86.7 Å². The van der Waals surface area contributed by atoms with Crippen molar-refractivity contribution in [1.82, 2.24) is 4.31 Å². The minimum Gasteiger partial charge on any atom is -0.396 e. The van der Waals surface area contributed by atoms with Crippen LogP contribution in [0.4, 0.5) is 23.2 Å². The van der Waals surface area contributed by atoms with Crippen LogP contribution in [0, 0.1) is 23.3 Å². The van der Waals surface area contributed by atoms with Crippen molar-refractivity contribution in [2.24, 2.45) is 0 Å². The molecule has 6 nitrogen and oxygen atoms in total. The summed E-state index contributed by atoms with van der Waals surface area (Å²) in [5, 5.41) is 10.9. The molecular formula is C19H20F4N2O4S.